The van der Waals surface area contributed by atoms with E-state index in [1.807, 2.05) is 57.2 Å². The molecule has 0 aliphatic carbocycles. The van der Waals surface area contributed by atoms with Crippen LogP contribution in [0, 0.1) is 13.8 Å². The molecule has 1 N–H and O–H groups in total. The summed E-state index contributed by atoms with van der Waals surface area (Å²) in [5.74, 6) is 1.00. The first kappa shape index (κ1) is 18.1. The van der Waals surface area contributed by atoms with Gasteiger partial charge in [0, 0.05) is 5.69 Å². The lowest BCUT2D eigenvalue weighted by Crippen LogP contribution is -2.33. The predicted molar refractivity (Wildman–Crippen MR) is 99.8 cm³/mol. The van der Waals surface area contributed by atoms with Crippen molar-refractivity contribution in [3.05, 3.63) is 59.2 Å². The van der Waals surface area contributed by atoms with Gasteiger partial charge in [-0.3, -0.25) is 4.79 Å². The lowest BCUT2D eigenvalue weighted by Gasteiger charge is -2.21. The number of hydrogen-bond acceptors (Lipinski definition) is 2. The van der Waals surface area contributed by atoms with Gasteiger partial charge in [0.1, 0.15) is 5.75 Å². The van der Waals surface area contributed by atoms with Crippen LogP contribution in [0.15, 0.2) is 42.5 Å². The molecule has 0 saturated carbocycles. The van der Waals surface area contributed by atoms with Gasteiger partial charge >= 0.3 is 0 Å². The number of para-hydroxylation sites is 2. The number of aryl methyl sites for hydroxylation is 2. The first-order chi connectivity index (χ1) is 11.4. The Kier molecular flexibility index (Phi) is 6.02. The van der Waals surface area contributed by atoms with Gasteiger partial charge in [0.05, 0.1) is 0 Å². The van der Waals surface area contributed by atoms with Crippen LogP contribution in [0.3, 0.4) is 0 Å². The molecule has 24 heavy (non-hydrogen) atoms. The smallest absolute Gasteiger partial charge is 0.265 e. The van der Waals surface area contributed by atoms with Crippen molar-refractivity contribution < 1.29 is 9.53 Å². The summed E-state index contributed by atoms with van der Waals surface area (Å²) < 4.78 is 5.96. The van der Waals surface area contributed by atoms with Crippen molar-refractivity contribution in [2.75, 3.05) is 5.32 Å². The number of rotatable bonds is 6. The molecule has 0 unspecified atom stereocenters. The third-order valence-electron chi connectivity index (χ3n) is 4.20. The van der Waals surface area contributed by atoms with E-state index < -0.39 is 6.10 Å². The Hall–Kier alpha value is -2.29. The molecule has 2 aromatic carbocycles. The van der Waals surface area contributed by atoms with E-state index in [1.165, 1.54) is 0 Å². The van der Waals surface area contributed by atoms with Crippen LogP contribution in [0.4, 0.5) is 5.69 Å². The number of hydrogen-bond donors (Lipinski definition) is 1. The maximum absolute atomic E-state index is 12.8. The van der Waals surface area contributed by atoms with Crippen LogP contribution in [-0.2, 0) is 4.79 Å². The van der Waals surface area contributed by atoms with Crippen LogP contribution < -0.4 is 10.1 Å². The fraction of sp³-hybridized carbons (Fsp3) is 0.381. The highest BCUT2D eigenvalue weighted by atomic mass is 16.5. The third-order valence-corrected chi connectivity index (χ3v) is 4.20. The highest BCUT2D eigenvalue weighted by molar-refractivity contribution is 5.95. The maximum Gasteiger partial charge on any atom is 0.265 e. The molecule has 0 spiro atoms. The van der Waals surface area contributed by atoms with Gasteiger partial charge in [0.15, 0.2) is 6.10 Å². The SMILES string of the molecule is CC[C@@H](Oc1ccccc1C)C(=O)Nc1c(C)cccc1C(C)C. The van der Waals surface area contributed by atoms with Gasteiger partial charge in [-0.05, 0) is 48.9 Å². The van der Waals surface area contributed by atoms with Gasteiger partial charge in [0.2, 0.25) is 0 Å². The zero-order chi connectivity index (χ0) is 17.7. The van der Waals surface area contributed by atoms with Gasteiger partial charge < -0.3 is 10.1 Å². The second-order valence-electron chi connectivity index (χ2n) is 6.46. The summed E-state index contributed by atoms with van der Waals surface area (Å²) in [6.07, 6.45) is 0.106. The summed E-state index contributed by atoms with van der Waals surface area (Å²) in [6.45, 7) is 10.2. The fourth-order valence-corrected chi connectivity index (χ4v) is 2.71. The number of ether oxygens (including phenoxy) is 1. The lowest BCUT2D eigenvalue weighted by molar-refractivity contribution is -0.122. The average molecular weight is 325 g/mol. The minimum Gasteiger partial charge on any atom is -0.480 e. The molecule has 3 nitrogen and oxygen atoms in total. The van der Waals surface area contributed by atoms with Gasteiger partial charge in [-0.15, -0.1) is 0 Å². The lowest BCUT2D eigenvalue weighted by atomic mass is 9.98. The molecular formula is C21H27NO2. The first-order valence-corrected chi connectivity index (χ1v) is 8.56. The molecule has 1 atom stereocenters. The van der Waals surface area contributed by atoms with Crippen LogP contribution in [0.1, 0.15) is 49.8 Å². The Bertz CT molecular complexity index is 707. The van der Waals surface area contributed by atoms with Gasteiger partial charge in [0.25, 0.3) is 5.91 Å². The number of anilines is 1. The molecule has 0 fully saturated rings. The van der Waals surface area contributed by atoms with Crippen LogP contribution in [-0.4, -0.2) is 12.0 Å². The normalized spacial score (nSPS) is 12.1. The summed E-state index contributed by atoms with van der Waals surface area (Å²) in [7, 11) is 0. The van der Waals surface area contributed by atoms with Gasteiger partial charge in [-0.2, -0.15) is 0 Å². The number of carbonyl (C=O) groups excluding carboxylic acids is 1. The minimum absolute atomic E-state index is 0.100. The molecule has 128 valence electrons. The molecule has 0 saturated heterocycles. The van der Waals surface area contributed by atoms with Gasteiger partial charge in [-0.25, -0.2) is 0 Å². The topological polar surface area (TPSA) is 38.3 Å². The predicted octanol–water partition coefficient (Wildman–Crippen LogP) is 5.22. The minimum atomic E-state index is -0.509. The maximum atomic E-state index is 12.8. The quantitative estimate of drug-likeness (QED) is 0.790. The van der Waals surface area contributed by atoms with E-state index in [4.69, 9.17) is 4.74 Å². The summed E-state index contributed by atoms with van der Waals surface area (Å²) >= 11 is 0. The number of amides is 1. The van der Waals surface area contributed by atoms with E-state index in [0.717, 1.165) is 28.1 Å². The first-order valence-electron chi connectivity index (χ1n) is 8.56. The van der Waals surface area contributed by atoms with E-state index in [1.54, 1.807) is 0 Å². The molecule has 2 rings (SSSR count). The molecular weight excluding hydrogens is 298 g/mol. The van der Waals surface area contributed by atoms with Gasteiger partial charge in [-0.1, -0.05) is 57.2 Å². The fourth-order valence-electron chi connectivity index (χ4n) is 2.71. The largest absolute Gasteiger partial charge is 0.480 e. The summed E-state index contributed by atoms with van der Waals surface area (Å²) in [6, 6.07) is 13.9. The summed E-state index contributed by atoms with van der Waals surface area (Å²) in [5.41, 5.74) is 4.15. The molecule has 0 aliphatic rings. The Morgan fingerprint density at radius 1 is 1.04 bits per heavy atom. The van der Waals surface area contributed by atoms with Crippen molar-refractivity contribution in [3.63, 3.8) is 0 Å². The van der Waals surface area contributed by atoms with Crippen LogP contribution in [0.2, 0.25) is 0 Å². The molecule has 0 aromatic heterocycles. The number of carbonyl (C=O) groups is 1. The Morgan fingerprint density at radius 3 is 2.33 bits per heavy atom. The summed E-state index contributed by atoms with van der Waals surface area (Å²) in [4.78, 5) is 12.8. The molecule has 0 radical (unpaired) electrons. The highest BCUT2D eigenvalue weighted by Crippen LogP contribution is 2.28. The van der Waals surface area contributed by atoms with E-state index in [-0.39, 0.29) is 5.91 Å². The van der Waals surface area contributed by atoms with Crippen molar-refractivity contribution in [2.24, 2.45) is 0 Å². The van der Waals surface area contributed by atoms with Crippen molar-refractivity contribution >= 4 is 11.6 Å². The molecule has 1 amide bonds. The second kappa shape index (κ2) is 8.00. The number of nitrogens with one attached hydrogen (secondary N) is 1. The second-order valence-corrected chi connectivity index (χ2v) is 6.46. The summed E-state index contributed by atoms with van der Waals surface area (Å²) in [5, 5.41) is 3.09. The van der Waals surface area contributed by atoms with Crippen molar-refractivity contribution in [1.29, 1.82) is 0 Å². The molecule has 3 heteroatoms. The van der Waals surface area contributed by atoms with Crippen LogP contribution in [0.5, 0.6) is 5.75 Å². The number of benzene rings is 2. The monoisotopic (exact) mass is 325 g/mol. The van der Waals surface area contributed by atoms with Crippen LogP contribution in [0.25, 0.3) is 0 Å². The van der Waals surface area contributed by atoms with E-state index in [2.05, 4.69) is 25.2 Å². The van der Waals surface area contributed by atoms with Crippen molar-refractivity contribution in [1.82, 2.24) is 0 Å². The molecule has 0 aliphatic heterocycles. The average Bonchev–Trinajstić information content (AvgIpc) is 2.55. The van der Waals surface area contributed by atoms with E-state index in [0.29, 0.717) is 12.3 Å². The molecule has 0 heterocycles. The Morgan fingerprint density at radius 2 is 1.71 bits per heavy atom. The molecule has 0 bridgehead atoms. The van der Waals surface area contributed by atoms with Crippen LogP contribution >= 0.6 is 0 Å². The Labute approximate surface area is 145 Å². The van der Waals surface area contributed by atoms with Crippen molar-refractivity contribution in [2.45, 2.75) is 53.1 Å². The van der Waals surface area contributed by atoms with E-state index in [9.17, 15) is 4.79 Å². The standard InChI is InChI=1S/C21H27NO2/c1-6-18(24-19-13-8-7-10-15(19)4)21(23)22-20-16(5)11-9-12-17(20)14(2)3/h7-14,18H,6H2,1-5H3,(H,22,23)/t18-/m1/s1. The highest BCUT2D eigenvalue weighted by Gasteiger charge is 2.21. The van der Waals surface area contributed by atoms with Crippen molar-refractivity contribution in [3.8, 4) is 5.75 Å². The Balaban J connectivity index is 2.20. The van der Waals surface area contributed by atoms with E-state index >= 15 is 0 Å². The molecule has 2 aromatic rings. The zero-order valence-electron chi connectivity index (χ0n) is 15.2. The zero-order valence-corrected chi connectivity index (χ0v) is 15.2. The third kappa shape index (κ3) is 4.16.